The van der Waals surface area contributed by atoms with Gasteiger partial charge in [-0.15, -0.1) is 0 Å². The van der Waals surface area contributed by atoms with Crippen molar-refractivity contribution in [1.29, 1.82) is 0 Å². The van der Waals surface area contributed by atoms with Gasteiger partial charge >= 0.3 is 6.09 Å². The lowest BCUT2D eigenvalue weighted by Crippen LogP contribution is -2.51. The molecule has 0 aromatic heterocycles. The maximum absolute atomic E-state index is 13.4. The lowest BCUT2D eigenvalue weighted by molar-refractivity contribution is -0.120. The molecule has 0 saturated heterocycles. The first-order chi connectivity index (χ1) is 17.4. The number of aliphatic hydroxyl groups excluding tert-OH is 1. The molecule has 1 aliphatic heterocycles. The van der Waals surface area contributed by atoms with Crippen molar-refractivity contribution in [1.82, 2.24) is 10.0 Å². The van der Waals surface area contributed by atoms with Crippen LogP contribution in [0.1, 0.15) is 32.3 Å². The molecule has 0 radical (unpaired) electrons. The zero-order chi connectivity index (χ0) is 27.2. The lowest BCUT2D eigenvalue weighted by Gasteiger charge is -2.37. The van der Waals surface area contributed by atoms with Crippen molar-refractivity contribution in [2.24, 2.45) is 11.1 Å². The Labute approximate surface area is 218 Å². The summed E-state index contributed by atoms with van der Waals surface area (Å²) in [6.07, 6.45) is -0.694. The lowest BCUT2D eigenvalue weighted by atomic mass is 9.80. The smallest absolute Gasteiger partial charge is 0.407 e. The van der Waals surface area contributed by atoms with Crippen LogP contribution in [0.2, 0.25) is 0 Å². The van der Waals surface area contributed by atoms with Gasteiger partial charge in [-0.05, 0) is 42.0 Å². The number of carbonyl (C=O) groups is 2. The highest BCUT2D eigenvalue weighted by Gasteiger charge is 2.34. The molecular formula is C26H36N4O6S. The number of para-hydroxylation sites is 1. The largest absolute Gasteiger partial charge is 0.453 e. The molecule has 1 unspecified atom stereocenters. The summed E-state index contributed by atoms with van der Waals surface area (Å²) in [5.41, 5.74) is 7.37. The first-order valence-electron chi connectivity index (χ1n) is 12.1. The molecule has 0 bridgehead atoms. The molecule has 3 rings (SSSR count). The summed E-state index contributed by atoms with van der Waals surface area (Å²) in [7, 11) is -2.48. The van der Waals surface area contributed by atoms with Gasteiger partial charge in [0.2, 0.25) is 15.9 Å². The molecule has 3 atom stereocenters. The standard InChI is InChI=1S/C26H36N4O6S/c1-26(2,14-21(27)23(31)16-28-37(34,35)20-10-5-4-6-11-20)15-24(32)30-17-19(29-25(33)36-3)13-18-9-7-8-12-22(18)30/h4-12,19,21,23,28,31H,13-17,27H2,1-3H3,(H,29,33)/t19?,21-,23-/m0/s1. The Hall–Kier alpha value is -2.99. The van der Waals surface area contributed by atoms with E-state index in [4.69, 9.17) is 10.5 Å². The summed E-state index contributed by atoms with van der Waals surface area (Å²) in [5, 5.41) is 13.3. The van der Waals surface area contributed by atoms with Crippen LogP contribution in [-0.2, 0) is 26.0 Å². The number of nitrogens with zero attached hydrogens (tertiary/aromatic N) is 1. The highest BCUT2D eigenvalue weighted by atomic mass is 32.2. The Bertz CT molecular complexity index is 1190. The summed E-state index contributed by atoms with van der Waals surface area (Å²) in [4.78, 5) is 27.0. The number of carbonyl (C=O) groups excluding carboxylic acids is 2. The Balaban J connectivity index is 1.61. The van der Waals surface area contributed by atoms with Crippen LogP contribution in [0.5, 0.6) is 0 Å². The maximum atomic E-state index is 13.4. The fraction of sp³-hybridized carbons (Fsp3) is 0.462. The number of sulfonamides is 1. The summed E-state index contributed by atoms with van der Waals surface area (Å²) in [6.45, 7) is 3.82. The predicted octanol–water partition coefficient (Wildman–Crippen LogP) is 1.77. The fourth-order valence-corrected chi connectivity index (χ4v) is 5.61. The number of fused-ring (bicyclic) bond motifs is 1. The Kier molecular flexibility index (Phi) is 9.30. The van der Waals surface area contributed by atoms with Crippen LogP contribution in [0.4, 0.5) is 10.5 Å². The third-order valence-electron chi connectivity index (χ3n) is 6.41. The second kappa shape index (κ2) is 12.0. The van der Waals surface area contributed by atoms with Crippen LogP contribution in [0.3, 0.4) is 0 Å². The van der Waals surface area contributed by atoms with Crippen LogP contribution in [0, 0.1) is 5.41 Å². The molecule has 0 fully saturated rings. The second-order valence-corrected chi connectivity index (χ2v) is 11.9. The predicted molar refractivity (Wildman–Crippen MR) is 140 cm³/mol. The van der Waals surface area contributed by atoms with Crippen molar-refractivity contribution in [2.75, 3.05) is 25.1 Å². The van der Waals surface area contributed by atoms with Gasteiger partial charge in [-0.3, -0.25) is 4.79 Å². The molecule has 2 amide bonds. The molecule has 1 heterocycles. The topological polar surface area (TPSA) is 151 Å². The van der Waals surface area contributed by atoms with E-state index in [9.17, 15) is 23.1 Å². The minimum absolute atomic E-state index is 0.100. The average molecular weight is 533 g/mol. The molecule has 11 heteroatoms. The van der Waals surface area contributed by atoms with Gasteiger partial charge in [-0.25, -0.2) is 17.9 Å². The molecule has 202 valence electrons. The van der Waals surface area contributed by atoms with Crippen molar-refractivity contribution in [3.8, 4) is 0 Å². The number of nitrogens with two attached hydrogens (primary N) is 1. The van der Waals surface area contributed by atoms with E-state index < -0.39 is 33.7 Å². The third-order valence-corrected chi connectivity index (χ3v) is 7.85. The number of nitrogens with one attached hydrogen (secondary N) is 2. The zero-order valence-electron chi connectivity index (χ0n) is 21.4. The van der Waals surface area contributed by atoms with Crippen LogP contribution in [0.25, 0.3) is 0 Å². The summed E-state index contributed by atoms with van der Waals surface area (Å²) < 4.78 is 32.0. The van der Waals surface area contributed by atoms with Crippen molar-refractivity contribution in [3.05, 3.63) is 60.2 Å². The minimum atomic E-state index is -3.78. The SMILES string of the molecule is COC(=O)NC1Cc2ccccc2N(C(=O)CC(C)(C)C[C@H](N)[C@@H](O)CNS(=O)(=O)c2ccccc2)C1. The van der Waals surface area contributed by atoms with Gasteiger partial charge in [-0.2, -0.15) is 0 Å². The van der Waals surface area contributed by atoms with E-state index in [1.54, 1.807) is 23.1 Å². The molecule has 1 aliphatic rings. The number of anilines is 1. The van der Waals surface area contributed by atoms with E-state index in [1.165, 1.54) is 19.2 Å². The second-order valence-electron chi connectivity index (χ2n) is 10.1. The Morgan fingerprint density at radius 1 is 1.16 bits per heavy atom. The molecule has 5 N–H and O–H groups in total. The zero-order valence-corrected chi connectivity index (χ0v) is 22.2. The van der Waals surface area contributed by atoms with Crippen LogP contribution in [0.15, 0.2) is 59.5 Å². The monoisotopic (exact) mass is 532 g/mol. The van der Waals surface area contributed by atoms with Crippen LogP contribution >= 0.6 is 0 Å². The third kappa shape index (κ3) is 7.75. The van der Waals surface area contributed by atoms with Gasteiger partial charge in [0.25, 0.3) is 0 Å². The van der Waals surface area contributed by atoms with Gasteiger partial charge in [0.05, 0.1) is 24.2 Å². The number of alkyl carbamates (subject to hydrolysis) is 1. The van der Waals surface area contributed by atoms with E-state index >= 15 is 0 Å². The van der Waals surface area contributed by atoms with Gasteiger partial charge in [0.1, 0.15) is 0 Å². The average Bonchev–Trinajstić information content (AvgIpc) is 2.86. The van der Waals surface area contributed by atoms with Crippen LogP contribution in [-0.4, -0.2) is 63.9 Å². The highest BCUT2D eigenvalue weighted by molar-refractivity contribution is 7.89. The van der Waals surface area contributed by atoms with Gasteiger partial charge < -0.3 is 25.8 Å². The van der Waals surface area contributed by atoms with Gasteiger partial charge in [0, 0.05) is 31.2 Å². The van der Waals surface area contributed by atoms with Crippen molar-refractivity contribution < 1.29 is 27.9 Å². The first kappa shape index (κ1) is 28.6. The summed E-state index contributed by atoms with van der Waals surface area (Å²) in [5.74, 6) is -0.139. The summed E-state index contributed by atoms with van der Waals surface area (Å²) in [6, 6.07) is 14.4. The Morgan fingerprint density at radius 2 is 1.81 bits per heavy atom. The molecule has 0 saturated carbocycles. The Morgan fingerprint density at radius 3 is 2.49 bits per heavy atom. The van der Waals surface area contributed by atoms with E-state index in [0.29, 0.717) is 13.0 Å². The van der Waals surface area contributed by atoms with Gasteiger partial charge in [-0.1, -0.05) is 50.2 Å². The molecular weight excluding hydrogens is 496 g/mol. The molecule has 37 heavy (non-hydrogen) atoms. The quantitative estimate of drug-likeness (QED) is 0.364. The molecule has 10 nitrogen and oxygen atoms in total. The van der Waals surface area contributed by atoms with Crippen molar-refractivity contribution in [2.45, 2.75) is 56.2 Å². The number of aliphatic hydroxyl groups is 1. The van der Waals surface area contributed by atoms with E-state index in [0.717, 1.165) is 11.3 Å². The molecule has 2 aromatic rings. The summed E-state index contributed by atoms with van der Waals surface area (Å²) >= 11 is 0. The van der Waals surface area contributed by atoms with Gasteiger partial charge in [0.15, 0.2) is 0 Å². The normalized spacial score (nSPS) is 17.4. The highest BCUT2D eigenvalue weighted by Crippen LogP contribution is 2.32. The number of rotatable bonds is 10. The maximum Gasteiger partial charge on any atom is 0.407 e. The van der Waals surface area contributed by atoms with Crippen molar-refractivity contribution >= 4 is 27.7 Å². The number of methoxy groups -OCH3 is 1. The van der Waals surface area contributed by atoms with E-state index in [1.807, 2.05) is 38.1 Å². The van der Waals surface area contributed by atoms with E-state index in [2.05, 4.69) is 10.0 Å². The number of amides is 2. The number of ether oxygens (including phenoxy) is 1. The van der Waals surface area contributed by atoms with Crippen molar-refractivity contribution in [3.63, 3.8) is 0 Å². The number of hydrogen-bond donors (Lipinski definition) is 4. The number of hydrogen-bond acceptors (Lipinski definition) is 7. The molecule has 2 aromatic carbocycles. The first-order valence-corrected chi connectivity index (χ1v) is 13.6. The molecule has 0 spiro atoms. The fourth-order valence-electron chi connectivity index (χ4n) is 4.53. The van der Waals surface area contributed by atoms with E-state index in [-0.39, 0.29) is 36.2 Å². The van der Waals surface area contributed by atoms with Crippen LogP contribution < -0.4 is 20.7 Å². The minimum Gasteiger partial charge on any atom is -0.453 e. The number of benzene rings is 2. The molecule has 0 aliphatic carbocycles.